The molecule has 1 amide bonds. The molecule has 0 saturated carbocycles. The number of fused-ring (bicyclic) bond motifs is 1. The highest BCUT2D eigenvalue weighted by atomic mass is 16.8. The summed E-state index contributed by atoms with van der Waals surface area (Å²) in [6, 6.07) is 9.57. The highest BCUT2D eigenvalue weighted by Crippen LogP contribution is 2.38. The Morgan fingerprint density at radius 1 is 1.31 bits per heavy atom. The molecule has 2 heterocycles. The van der Waals surface area contributed by atoms with Crippen LogP contribution in [0.4, 0.5) is 0 Å². The molecule has 7 heteroatoms. The third-order valence-electron chi connectivity index (χ3n) is 4.12. The third kappa shape index (κ3) is 4.41. The van der Waals surface area contributed by atoms with Crippen LogP contribution in [0.1, 0.15) is 33.3 Å². The number of benzene rings is 1. The minimum Gasteiger partial charge on any atom is -0.386 e. The van der Waals surface area contributed by atoms with Gasteiger partial charge in [-0.2, -0.15) is 0 Å². The highest BCUT2D eigenvalue weighted by molar-refractivity contribution is 5.82. The van der Waals surface area contributed by atoms with Crippen molar-refractivity contribution >= 4 is 12.1 Å². The maximum absolute atomic E-state index is 12.5. The minimum atomic E-state index is -0.840. The summed E-state index contributed by atoms with van der Waals surface area (Å²) in [5.41, 5.74) is 0.896. The van der Waals surface area contributed by atoms with Crippen LogP contribution in [0.25, 0.3) is 0 Å². The number of carbonyl (C=O) groups excluding carboxylic acids is 1. The van der Waals surface area contributed by atoms with Crippen LogP contribution in [0, 0.1) is 5.92 Å². The minimum absolute atomic E-state index is 0.252. The number of rotatable bonds is 6. The molecule has 1 aromatic rings. The van der Waals surface area contributed by atoms with E-state index in [0.717, 1.165) is 5.56 Å². The van der Waals surface area contributed by atoms with Gasteiger partial charge in [-0.1, -0.05) is 49.3 Å². The Bertz CT molecular complexity index is 647. The average Bonchev–Trinajstić information content (AvgIpc) is 3.06. The SMILES string of the molecule is CC(C)CNC(=O)[C@H]1O[C@@H]2OC(C)(C)O[C@@H]2[C@H]1O/N=C/c1ccccc1. The van der Waals surface area contributed by atoms with E-state index in [-0.39, 0.29) is 5.91 Å². The van der Waals surface area contributed by atoms with Crippen molar-refractivity contribution in [1.82, 2.24) is 5.32 Å². The second-order valence-electron chi connectivity index (χ2n) is 7.38. The standard InChI is InChI=1S/C19H26N2O5/c1-12(2)10-20-17(22)15-14(16-18(23-15)25-19(3,4)24-16)26-21-11-13-8-6-5-7-9-13/h5-9,11-12,14-16,18H,10H2,1-4H3,(H,20,22)/b21-11+/t14-,15-,16+,18+/m0/s1. The van der Waals surface area contributed by atoms with Crippen molar-refractivity contribution in [3.05, 3.63) is 35.9 Å². The molecule has 0 bridgehead atoms. The molecule has 0 unspecified atom stereocenters. The molecule has 26 heavy (non-hydrogen) atoms. The Morgan fingerprint density at radius 2 is 2.04 bits per heavy atom. The van der Waals surface area contributed by atoms with Gasteiger partial charge in [0.25, 0.3) is 5.91 Å². The van der Waals surface area contributed by atoms with E-state index in [0.29, 0.717) is 12.5 Å². The Morgan fingerprint density at radius 3 is 2.73 bits per heavy atom. The van der Waals surface area contributed by atoms with E-state index >= 15 is 0 Å². The van der Waals surface area contributed by atoms with Crippen molar-refractivity contribution in [3.63, 3.8) is 0 Å². The van der Waals surface area contributed by atoms with Gasteiger partial charge in [0.05, 0.1) is 6.21 Å². The van der Waals surface area contributed by atoms with Gasteiger partial charge in [0.1, 0.15) is 0 Å². The fourth-order valence-electron chi connectivity index (χ4n) is 2.91. The van der Waals surface area contributed by atoms with E-state index in [1.54, 1.807) is 20.1 Å². The van der Waals surface area contributed by atoms with Crippen molar-refractivity contribution in [2.75, 3.05) is 6.54 Å². The second-order valence-corrected chi connectivity index (χ2v) is 7.38. The number of amides is 1. The summed E-state index contributed by atoms with van der Waals surface area (Å²) in [7, 11) is 0. The predicted molar refractivity (Wildman–Crippen MR) is 95.5 cm³/mol. The second kappa shape index (κ2) is 7.73. The summed E-state index contributed by atoms with van der Waals surface area (Å²) < 4.78 is 17.4. The van der Waals surface area contributed by atoms with E-state index in [2.05, 4.69) is 10.5 Å². The van der Waals surface area contributed by atoms with Gasteiger partial charge in [-0.05, 0) is 25.3 Å². The molecular weight excluding hydrogens is 336 g/mol. The fourth-order valence-corrected chi connectivity index (χ4v) is 2.91. The first-order valence-electron chi connectivity index (χ1n) is 8.89. The number of nitrogens with one attached hydrogen (secondary N) is 1. The maximum atomic E-state index is 12.5. The van der Waals surface area contributed by atoms with E-state index < -0.39 is 30.4 Å². The highest BCUT2D eigenvalue weighted by Gasteiger charge is 2.58. The topological polar surface area (TPSA) is 78.4 Å². The first-order chi connectivity index (χ1) is 12.4. The van der Waals surface area contributed by atoms with Gasteiger partial charge < -0.3 is 24.4 Å². The summed E-state index contributed by atoms with van der Waals surface area (Å²) >= 11 is 0. The molecule has 0 radical (unpaired) electrons. The molecule has 2 fully saturated rings. The first kappa shape index (κ1) is 18.8. The Hall–Kier alpha value is -1.96. The monoisotopic (exact) mass is 362 g/mol. The Labute approximate surface area is 153 Å². The number of hydrogen-bond acceptors (Lipinski definition) is 6. The molecule has 1 N–H and O–H groups in total. The average molecular weight is 362 g/mol. The number of hydrogen-bond donors (Lipinski definition) is 1. The van der Waals surface area contributed by atoms with Crippen molar-refractivity contribution in [3.8, 4) is 0 Å². The van der Waals surface area contributed by atoms with Crippen LogP contribution in [0.2, 0.25) is 0 Å². The number of oxime groups is 1. The summed E-state index contributed by atoms with van der Waals surface area (Å²) in [4.78, 5) is 18.1. The molecule has 0 aliphatic carbocycles. The zero-order valence-electron chi connectivity index (χ0n) is 15.5. The zero-order chi connectivity index (χ0) is 18.7. The van der Waals surface area contributed by atoms with Crippen LogP contribution in [-0.4, -0.2) is 49.1 Å². The van der Waals surface area contributed by atoms with Crippen molar-refractivity contribution < 1.29 is 23.8 Å². The van der Waals surface area contributed by atoms with Crippen molar-refractivity contribution in [2.45, 2.75) is 58.1 Å². The van der Waals surface area contributed by atoms with E-state index in [9.17, 15) is 4.79 Å². The molecule has 4 atom stereocenters. The molecule has 7 nitrogen and oxygen atoms in total. The lowest BCUT2D eigenvalue weighted by Gasteiger charge is -2.24. The molecule has 2 aliphatic heterocycles. The number of carbonyl (C=O) groups is 1. The Kier molecular flexibility index (Phi) is 5.60. The molecule has 2 saturated heterocycles. The van der Waals surface area contributed by atoms with E-state index in [1.165, 1.54) is 0 Å². The molecule has 1 aromatic carbocycles. The van der Waals surface area contributed by atoms with Crippen LogP contribution >= 0.6 is 0 Å². The van der Waals surface area contributed by atoms with Gasteiger partial charge in [-0.25, -0.2) is 0 Å². The van der Waals surface area contributed by atoms with Gasteiger partial charge in [0.2, 0.25) is 0 Å². The lowest BCUT2D eigenvalue weighted by molar-refractivity contribution is -0.218. The lowest BCUT2D eigenvalue weighted by atomic mass is 10.1. The van der Waals surface area contributed by atoms with Crippen LogP contribution in [-0.2, 0) is 23.8 Å². The lowest BCUT2D eigenvalue weighted by Crippen LogP contribution is -2.45. The fraction of sp³-hybridized carbons (Fsp3) is 0.579. The molecule has 3 rings (SSSR count). The number of nitrogens with zero attached hydrogens (tertiary/aromatic N) is 1. The molecular formula is C19H26N2O5. The van der Waals surface area contributed by atoms with Crippen LogP contribution in [0.15, 0.2) is 35.5 Å². The van der Waals surface area contributed by atoms with Gasteiger partial charge in [0.15, 0.2) is 30.4 Å². The summed E-state index contributed by atoms with van der Waals surface area (Å²) in [5, 5.41) is 6.90. The maximum Gasteiger partial charge on any atom is 0.253 e. The zero-order valence-corrected chi connectivity index (χ0v) is 15.5. The summed E-state index contributed by atoms with van der Waals surface area (Å²) in [5.74, 6) is -0.709. The summed E-state index contributed by atoms with van der Waals surface area (Å²) in [6.45, 7) is 8.20. The molecule has 0 aromatic heterocycles. The van der Waals surface area contributed by atoms with Gasteiger partial charge in [-0.3, -0.25) is 4.79 Å². The smallest absolute Gasteiger partial charge is 0.253 e. The van der Waals surface area contributed by atoms with Gasteiger partial charge in [-0.15, -0.1) is 0 Å². The first-order valence-corrected chi connectivity index (χ1v) is 8.89. The Balaban J connectivity index is 1.70. The van der Waals surface area contributed by atoms with Gasteiger partial charge in [0, 0.05) is 6.54 Å². The van der Waals surface area contributed by atoms with E-state index in [1.807, 2.05) is 44.2 Å². The summed E-state index contributed by atoms with van der Waals surface area (Å²) in [6.07, 6.45) is -1.11. The van der Waals surface area contributed by atoms with E-state index in [4.69, 9.17) is 19.0 Å². The molecule has 2 aliphatic rings. The van der Waals surface area contributed by atoms with Crippen LogP contribution < -0.4 is 5.32 Å². The van der Waals surface area contributed by atoms with Crippen molar-refractivity contribution in [1.29, 1.82) is 0 Å². The van der Waals surface area contributed by atoms with Crippen LogP contribution in [0.3, 0.4) is 0 Å². The number of ether oxygens (including phenoxy) is 3. The quantitative estimate of drug-likeness (QED) is 0.619. The van der Waals surface area contributed by atoms with Gasteiger partial charge >= 0.3 is 0 Å². The predicted octanol–water partition coefficient (Wildman–Crippen LogP) is 2.05. The third-order valence-corrected chi connectivity index (χ3v) is 4.12. The molecule has 0 spiro atoms. The largest absolute Gasteiger partial charge is 0.386 e. The molecule has 142 valence electrons. The van der Waals surface area contributed by atoms with Crippen LogP contribution in [0.5, 0.6) is 0 Å². The van der Waals surface area contributed by atoms with Crippen molar-refractivity contribution in [2.24, 2.45) is 11.1 Å². The normalized spacial score (nSPS) is 29.9.